The fourth-order valence-corrected chi connectivity index (χ4v) is 4.81. The molecule has 0 aromatic heterocycles. The summed E-state index contributed by atoms with van der Waals surface area (Å²) in [5.41, 5.74) is 7.54. The fourth-order valence-electron chi connectivity index (χ4n) is 4.34. The summed E-state index contributed by atoms with van der Waals surface area (Å²) in [7, 11) is 0. The summed E-state index contributed by atoms with van der Waals surface area (Å²) < 4.78 is 0. The first kappa shape index (κ1) is 30.1. The number of aliphatic carboxylic acids is 1. The summed E-state index contributed by atoms with van der Waals surface area (Å²) in [5, 5.41) is 12.3. The van der Waals surface area contributed by atoms with Crippen LogP contribution in [0.2, 0.25) is 0 Å². The number of carbonyl (C=O) groups excluding carboxylic acids is 1. The Morgan fingerprint density at radius 1 is 0.846 bits per heavy atom. The van der Waals surface area contributed by atoms with Gasteiger partial charge in [0, 0.05) is 5.56 Å². The number of carboxylic acid groups (broad SMARTS) is 1. The zero-order valence-electron chi connectivity index (χ0n) is 23.6. The van der Waals surface area contributed by atoms with Gasteiger partial charge in [-0.3, -0.25) is 4.79 Å². The molecule has 0 fully saturated rings. The standard InChI is InChI=1S/C33H31NO3S.Li.H/c1-23-9-6-7-14-28(23)30-22-25(17-18-29(30)32(35)34-31(33(36)37)19-20-38-2)16-15-24-10-8-13-27(21-24)26-11-4-3-5-12-26;;/h3-18,21-22,31H,19-20H2,1-2H3,(H,34,35)(H,36,37);;/q;+1;-1/b16-15+;;. The average Bonchev–Trinajstić information content (AvgIpc) is 2.94. The molecule has 6 heteroatoms. The molecule has 0 aliphatic carbocycles. The van der Waals surface area contributed by atoms with Crippen LogP contribution in [-0.4, -0.2) is 35.0 Å². The minimum absolute atomic E-state index is 0. The van der Waals surface area contributed by atoms with Crippen molar-refractivity contribution in [3.63, 3.8) is 0 Å². The first-order chi connectivity index (χ1) is 18.5. The average molecular weight is 530 g/mol. The number of carbonyl (C=O) groups is 2. The van der Waals surface area contributed by atoms with Crippen LogP contribution in [0.4, 0.5) is 0 Å². The Balaban J connectivity index is 0.00000280. The van der Waals surface area contributed by atoms with Crippen molar-refractivity contribution in [3.8, 4) is 22.3 Å². The number of aryl methyl sites for hydroxylation is 1. The Kier molecular flexibility index (Phi) is 11.3. The van der Waals surface area contributed by atoms with Gasteiger partial charge in [0.1, 0.15) is 6.04 Å². The maximum Gasteiger partial charge on any atom is 1.00 e. The van der Waals surface area contributed by atoms with Crippen LogP contribution in [-0.2, 0) is 4.79 Å². The molecule has 0 heterocycles. The van der Waals surface area contributed by atoms with Gasteiger partial charge in [-0.2, -0.15) is 11.8 Å². The maximum absolute atomic E-state index is 13.3. The summed E-state index contributed by atoms with van der Waals surface area (Å²) >= 11 is 1.56. The van der Waals surface area contributed by atoms with E-state index in [0.717, 1.165) is 38.9 Å². The molecular weight excluding hydrogens is 497 g/mol. The van der Waals surface area contributed by atoms with Gasteiger partial charge in [0.25, 0.3) is 5.91 Å². The molecular formula is C33H32LiNO3S. The van der Waals surface area contributed by atoms with Gasteiger partial charge in [-0.1, -0.05) is 91.0 Å². The van der Waals surface area contributed by atoms with E-state index in [1.807, 2.05) is 79.9 Å². The number of hydrogen-bond acceptors (Lipinski definition) is 3. The first-order valence-corrected chi connectivity index (χ1v) is 13.9. The van der Waals surface area contributed by atoms with E-state index in [2.05, 4.69) is 41.7 Å². The van der Waals surface area contributed by atoms with Gasteiger partial charge in [-0.25, -0.2) is 4.79 Å². The Morgan fingerprint density at radius 3 is 2.21 bits per heavy atom. The molecule has 0 aliphatic heterocycles. The molecule has 1 unspecified atom stereocenters. The van der Waals surface area contributed by atoms with Gasteiger partial charge in [-0.15, -0.1) is 0 Å². The van der Waals surface area contributed by atoms with Crippen molar-refractivity contribution in [1.82, 2.24) is 5.32 Å². The minimum Gasteiger partial charge on any atom is -1.00 e. The van der Waals surface area contributed by atoms with E-state index in [1.165, 1.54) is 0 Å². The van der Waals surface area contributed by atoms with Crippen molar-refractivity contribution in [2.75, 3.05) is 12.0 Å². The Labute approximate surface area is 248 Å². The largest absolute Gasteiger partial charge is 1.00 e. The summed E-state index contributed by atoms with van der Waals surface area (Å²) in [6.07, 6.45) is 6.38. The minimum atomic E-state index is -1.03. The van der Waals surface area contributed by atoms with E-state index < -0.39 is 12.0 Å². The number of amides is 1. The van der Waals surface area contributed by atoms with Gasteiger partial charge in [0.05, 0.1) is 0 Å². The van der Waals surface area contributed by atoms with Crippen LogP contribution in [0, 0.1) is 6.92 Å². The van der Waals surface area contributed by atoms with Crippen LogP contribution in [0.25, 0.3) is 34.4 Å². The quantitative estimate of drug-likeness (QED) is 0.234. The molecule has 0 aliphatic rings. The van der Waals surface area contributed by atoms with E-state index in [1.54, 1.807) is 17.8 Å². The molecule has 4 aromatic rings. The summed E-state index contributed by atoms with van der Waals surface area (Å²) in [6, 6.07) is 31.3. The van der Waals surface area contributed by atoms with Gasteiger partial charge >= 0.3 is 24.8 Å². The smallest absolute Gasteiger partial charge is 1.00 e. The molecule has 4 rings (SSSR count). The van der Waals surface area contributed by atoms with E-state index in [9.17, 15) is 14.7 Å². The second-order valence-electron chi connectivity index (χ2n) is 9.09. The zero-order valence-corrected chi connectivity index (χ0v) is 23.4. The summed E-state index contributed by atoms with van der Waals surface area (Å²) in [6.45, 7) is 2.01. The van der Waals surface area contributed by atoms with E-state index in [0.29, 0.717) is 17.7 Å². The van der Waals surface area contributed by atoms with Crippen LogP contribution in [0.1, 0.15) is 34.9 Å². The van der Waals surface area contributed by atoms with E-state index in [-0.39, 0.29) is 26.2 Å². The molecule has 0 radical (unpaired) electrons. The van der Waals surface area contributed by atoms with Crippen LogP contribution in [0.15, 0.2) is 97.1 Å². The number of thioether (sulfide) groups is 1. The van der Waals surface area contributed by atoms with Crippen LogP contribution in [0.5, 0.6) is 0 Å². The second kappa shape index (κ2) is 14.6. The van der Waals surface area contributed by atoms with Crippen LogP contribution >= 0.6 is 11.8 Å². The first-order valence-electron chi connectivity index (χ1n) is 12.5. The van der Waals surface area contributed by atoms with Gasteiger partial charge in [0.2, 0.25) is 0 Å². The summed E-state index contributed by atoms with van der Waals surface area (Å²) in [5.74, 6) is -0.762. The molecule has 4 nitrogen and oxygen atoms in total. The van der Waals surface area contributed by atoms with Crippen molar-refractivity contribution < 1.29 is 35.0 Å². The molecule has 194 valence electrons. The Hall–Kier alpha value is -3.49. The third kappa shape index (κ3) is 8.00. The van der Waals surface area contributed by atoms with Crippen molar-refractivity contribution in [1.29, 1.82) is 0 Å². The molecule has 1 atom stereocenters. The van der Waals surface area contributed by atoms with Crippen LogP contribution in [0.3, 0.4) is 0 Å². The molecule has 0 saturated carbocycles. The van der Waals surface area contributed by atoms with Gasteiger partial charge in [0.15, 0.2) is 0 Å². The van der Waals surface area contributed by atoms with Crippen molar-refractivity contribution >= 4 is 35.8 Å². The third-order valence-corrected chi connectivity index (χ3v) is 7.04. The normalized spacial score (nSPS) is 11.5. The topological polar surface area (TPSA) is 66.4 Å². The van der Waals surface area contributed by atoms with Crippen molar-refractivity contribution in [2.24, 2.45) is 0 Å². The van der Waals surface area contributed by atoms with E-state index in [4.69, 9.17) is 0 Å². The second-order valence-corrected chi connectivity index (χ2v) is 10.1. The van der Waals surface area contributed by atoms with Crippen LogP contribution < -0.4 is 24.2 Å². The number of rotatable bonds is 10. The molecule has 2 N–H and O–H groups in total. The van der Waals surface area contributed by atoms with Gasteiger partial charge in [-0.05, 0) is 82.5 Å². The predicted molar refractivity (Wildman–Crippen MR) is 160 cm³/mol. The van der Waals surface area contributed by atoms with Crippen molar-refractivity contribution in [3.05, 3.63) is 119 Å². The summed E-state index contributed by atoms with van der Waals surface area (Å²) in [4.78, 5) is 25.0. The monoisotopic (exact) mass is 529 g/mol. The molecule has 4 aromatic carbocycles. The number of benzene rings is 4. The fraction of sp³-hybridized carbons (Fsp3) is 0.152. The SMILES string of the molecule is CSCCC(NC(=O)c1ccc(/C=C/c2cccc(-c3ccccc3)c2)cc1-c1ccccc1C)C(=O)O.[H-].[Li+]. The third-order valence-electron chi connectivity index (χ3n) is 6.40. The number of hydrogen-bond donors (Lipinski definition) is 2. The zero-order chi connectivity index (χ0) is 26.9. The predicted octanol–water partition coefficient (Wildman–Crippen LogP) is 4.55. The molecule has 39 heavy (non-hydrogen) atoms. The number of carboxylic acids is 1. The molecule has 0 bridgehead atoms. The number of nitrogens with one attached hydrogen (secondary N) is 1. The molecule has 1 amide bonds. The molecule has 0 saturated heterocycles. The van der Waals surface area contributed by atoms with E-state index >= 15 is 0 Å². The molecule has 0 spiro atoms. The Morgan fingerprint density at radius 2 is 1.51 bits per heavy atom. The Bertz CT molecular complexity index is 1460. The maximum atomic E-state index is 13.3. The van der Waals surface area contributed by atoms with Crippen molar-refractivity contribution in [2.45, 2.75) is 19.4 Å². The van der Waals surface area contributed by atoms with Gasteiger partial charge < -0.3 is 11.8 Å².